The van der Waals surface area contributed by atoms with Gasteiger partial charge in [0.25, 0.3) is 0 Å². The molecule has 4 rings (SSSR count). The topological polar surface area (TPSA) is 66.8 Å². The molecule has 0 radical (unpaired) electrons. The molecule has 4 saturated carbocycles. The summed E-state index contributed by atoms with van der Waals surface area (Å²) in [5.74, 6) is 2.98. The lowest BCUT2D eigenvalue weighted by Crippen LogP contribution is -2.58. The Bertz CT molecular complexity index is 605. The molecular weight excluding hydrogens is 352 g/mol. The van der Waals surface area contributed by atoms with Gasteiger partial charge in [0.15, 0.2) is 0 Å². The molecule has 160 valence electrons. The molecule has 0 amide bonds. The number of fused-ring (bicyclic) bond motifs is 5. The highest BCUT2D eigenvalue weighted by Crippen LogP contribution is 2.68. The SMILES string of the molecule is COC(=O)C[C@H](C)[C@@H]1CC[C@@H]2[C@@H]3CC[C@@H]4C[C@H](O)CC[C@]4(C)[C@H]3C[C@H](O)[C@]21C. The van der Waals surface area contributed by atoms with E-state index in [1.807, 2.05) is 0 Å². The first kappa shape index (κ1) is 20.7. The number of carbonyl (C=O) groups is 1. The van der Waals surface area contributed by atoms with E-state index in [1.54, 1.807) is 0 Å². The van der Waals surface area contributed by atoms with Crippen LogP contribution in [-0.2, 0) is 9.53 Å². The first-order valence-electron chi connectivity index (χ1n) is 11.6. The summed E-state index contributed by atoms with van der Waals surface area (Å²) in [6.45, 7) is 6.96. The molecule has 4 nitrogen and oxygen atoms in total. The van der Waals surface area contributed by atoms with E-state index in [2.05, 4.69) is 20.8 Å². The second-order valence-electron chi connectivity index (χ2n) is 11.1. The van der Waals surface area contributed by atoms with E-state index >= 15 is 0 Å². The third kappa shape index (κ3) is 2.96. The molecule has 0 aromatic heterocycles. The molecule has 0 aromatic carbocycles. The maximum absolute atomic E-state index is 11.9. The highest BCUT2D eigenvalue weighted by Gasteiger charge is 2.63. The van der Waals surface area contributed by atoms with Crippen LogP contribution in [0.1, 0.15) is 78.6 Å². The van der Waals surface area contributed by atoms with Gasteiger partial charge in [-0.05, 0) is 97.7 Å². The minimum Gasteiger partial charge on any atom is -0.469 e. The zero-order valence-electron chi connectivity index (χ0n) is 18.2. The van der Waals surface area contributed by atoms with Gasteiger partial charge in [0.2, 0.25) is 0 Å². The van der Waals surface area contributed by atoms with Crippen LogP contribution >= 0.6 is 0 Å². The van der Waals surface area contributed by atoms with E-state index in [0.29, 0.717) is 36.0 Å². The number of methoxy groups -OCH3 is 1. The van der Waals surface area contributed by atoms with E-state index < -0.39 is 0 Å². The number of carbonyl (C=O) groups excluding carboxylic acids is 1. The van der Waals surface area contributed by atoms with Gasteiger partial charge in [0.05, 0.1) is 19.3 Å². The molecule has 10 atom stereocenters. The Balaban J connectivity index is 1.58. The number of hydrogen-bond donors (Lipinski definition) is 2. The van der Waals surface area contributed by atoms with Crippen LogP contribution in [0.15, 0.2) is 0 Å². The first-order valence-corrected chi connectivity index (χ1v) is 11.6. The zero-order chi connectivity index (χ0) is 20.3. The quantitative estimate of drug-likeness (QED) is 0.707. The van der Waals surface area contributed by atoms with Gasteiger partial charge in [-0.25, -0.2) is 0 Å². The molecule has 0 bridgehead atoms. The molecule has 0 unspecified atom stereocenters. The lowest BCUT2D eigenvalue weighted by Gasteiger charge is -2.62. The third-order valence-electron chi connectivity index (χ3n) is 10.2. The van der Waals surface area contributed by atoms with Crippen molar-refractivity contribution in [2.24, 2.45) is 46.3 Å². The standard InChI is InChI=1S/C24H40O4/c1-14(11-22(27)28-4)18-7-8-19-17-6-5-15-12-16(25)9-10-23(15,2)20(17)13-21(26)24(18,19)3/h14-21,25-26H,5-13H2,1-4H3/t14-,15+,16+,17-,18-,19+,20-,21-,23-,24-/m0/s1. The Kier molecular flexibility index (Phi) is 5.36. The van der Waals surface area contributed by atoms with E-state index in [1.165, 1.54) is 26.4 Å². The minimum absolute atomic E-state index is 0.0774. The second-order valence-corrected chi connectivity index (χ2v) is 11.1. The van der Waals surface area contributed by atoms with Gasteiger partial charge >= 0.3 is 5.97 Å². The number of aliphatic hydroxyl groups excluding tert-OH is 2. The summed E-state index contributed by atoms with van der Waals surface area (Å²) in [5.41, 5.74) is 0.201. The number of hydrogen-bond acceptors (Lipinski definition) is 4. The van der Waals surface area contributed by atoms with Crippen LogP contribution in [0.4, 0.5) is 0 Å². The van der Waals surface area contributed by atoms with Crippen LogP contribution < -0.4 is 0 Å². The normalized spacial score (nSPS) is 51.6. The van der Waals surface area contributed by atoms with E-state index in [0.717, 1.165) is 32.1 Å². The number of ether oxygens (including phenoxy) is 1. The van der Waals surface area contributed by atoms with Gasteiger partial charge in [0.1, 0.15) is 0 Å². The summed E-state index contributed by atoms with van der Waals surface area (Å²) < 4.78 is 4.92. The van der Waals surface area contributed by atoms with Crippen LogP contribution in [0.5, 0.6) is 0 Å². The highest BCUT2D eigenvalue weighted by atomic mass is 16.5. The van der Waals surface area contributed by atoms with Crippen molar-refractivity contribution in [1.82, 2.24) is 0 Å². The second kappa shape index (κ2) is 7.27. The van der Waals surface area contributed by atoms with E-state index in [4.69, 9.17) is 4.74 Å². The summed E-state index contributed by atoms with van der Waals surface area (Å²) in [6, 6.07) is 0. The third-order valence-corrected chi connectivity index (χ3v) is 10.2. The molecule has 0 spiro atoms. The average molecular weight is 393 g/mol. The van der Waals surface area contributed by atoms with E-state index in [-0.39, 0.29) is 34.9 Å². The fourth-order valence-corrected chi connectivity index (χ4v) is 8.65. The molecule has 4 aliphatic rings. The predicted molar refractivity (Wildman–Crippen MR) is 108 cm³/mol. The van der Waals surface area contributed by atoms with Gasteiger partial charge in [-0.2, -0.15) is 0 Å². The lowest BCUT2D eigenvalue weighted by atomic mass is 9.43. The number of aliphatic hydroxyl groups is 2. The fraction of sp³-hybridized carbons (Fsp3) is 0.958. The largest absolute Gasteiger partial charge is 0.469 e. The molecule has 0 saturated heterocycles. The fourth-order valence-electron chi connectivity index (χ4n) is 8.65. The molecule has 4 aliphatic carbocycles. The Labute approximate surface area is 170 Å². The summed E-state index contributed by atoms with van der Waals surface area (Å²) >= 11 is 0. The van der Waals surface area contributed by atoms with Crippen molar-refractivity contribution in [1.29, 1.82) is 0 Å². The van der Waals surface area contributed by atoms with Crippen LogP contribution in [-0.4, -0.2) is 35.5 Å². The van der Waals surface area contributed by atoms with Crippen LogP contribution in [0.3, 0.4) is 0 Å². The van der Waals surface area contributed by atoms with Gasteiger partial charge in [-0.1, -0.05) is 20.8 Å². The van der Waals surface area contributed by atoms with Crippen LogP contribution in [0, 0.1) is 46.3 Å². The summed E-state index contributed by atoms with van der Waals surface area (Å²) in [7, 11) is 1.47. The summed E-state index contributed by atoms with van der Waals surface area (Å²) in [6.07, 6.45) is 8.75. The van der Waals surface area contributed by atoms with E-state index in [9.17, 15) is 15.0 Å². The average Bonchev–Trinajstić information content (AvgIpc) is 3.02. The Morgan fingerprint density at radius 1 is 1.07 bits per heavy atom. The van der Waals surface area contributed by atoms with Crippen molar-refractivity contribution < 1.29 is 19.7 Å². The van der Waals surface area contributed by atoms with Gasteiger partial charge in [-0.3, -0.25) is 4.79 Å². The molecule has 28 heavy (non-hydrogen) atoms. The van der Waals surface area contributed by atoms with Crippen molar-refractivity contribution in [2.75, 3.05) is 7.11 Å². The molecule has 0 heterocycles. The smallest absolute Gasteiger partial charge is 0.305 e. The monoisotopic (exact) mass is 392 g/mol. The predicted octanol–water partition coefficient (Wildman–Crippen LogP) is 4.18. The van der Waals surface area contributed by atoms with Crippen LogP contribution in [0.25, 0.3) is 0 Å². The zero-order valence-corrected chi connectivity index (χ0v) is 18.2. The minimum atomic E-state index is -0.284. The van der Waals surface area contributed by atoms with Gasteiger partial charge in [-0.15, -0.1) is 0 Å². The number of esters is 1. The maximum atomic E-state index is 11.9. The summed E-state index contributed by atoms with van der Waals surface area (Å²) in [5, 5.41) is 21.7. The lowest BCUT2D eigenvalue weighted by molar-refractivity contribution is -0.175. The number of rotatable bonds is 3. The molecule has 0 aromatic rings. The van der Waals surface area contributed by atoms with Gasteiger partial charge < -0.3 is 14.9 Å². The van der Waals surface area contributed by atoms with Crippen LogP contribution in [0.2, 0.25) is 0 Å². The first-order chi connectivity index (χ1) is 13.2. The summed E-state index contributed by atoms with van der Waals surface area (Å²) in [4.78, 5) is 11.9. The van der Waals surface area contributed by atoms with Crippen molar-refractivity contribution in [3.8, 4) is 0 Å². The van der Waals surface area contributed by atoms with Crippen molar-refractivity contribution in [3.05, 3.63) is 0 Å². The highest BCUT2D eigenvalue weighted by molar-refractivity contribution is 5.69. The molecule has 2 N–H and O–H groups in total. The maximum Gasteiger partial charge on any atom is 0.305 e. The molecule has 0 aliphatic heterocycles. The van der Waals surface area contributed by atoms with Crippen molar-refractivity contribution >= 4 is 5.97 Å². The van der Waals surface area contributed by atoms with Gasteiger partial charge in [0, 0.05) is 6.42 Å². The molecule has 4 heteroatoms. The molecule has 4 fully saturated rings. The molecular formula is C24H40O4. The van der Waals surface area contributed by atoms with Crippen molar-refractivity contribution in [3.63, 3.8) is 0 Å². The Morgan fingerprint density at radius 2 is 1.82 bits per heavy atom. The van der Waals surface area contributed by atoms with Crippen molar-refractivity contribution in [2.45, 2.75) is 90.8 Å². The Hall–Kier alpha value is -0.610. The Morgan fingerprint density at radius 3 is 2.54 bits per heavy atom.